The highest BCUT2D eigenvalue weighted by molar-refractivity contribution is 7.68. The molecule has 3 aromatic heterocycles. The van der Waals surface area contributed by atoms with Crippen molar-refractivity contribution < 1.29 is 23.4 Å². The number of pyridine rings is 1. The predicted octanol–water partition coefficient (Wildman–Crippen LogP) is 8.34. The molecule has 2 aromatic carbocycles. The maximum Gasteiger partial charge on any atom is 0.348 e. The van der Waals surface area contributed by atoms with Crippen LogP contribution in [0.25, 0.3) is 32.9 Å². The van der Waals surface area contributed by atoms with Crippen molar-refractivity contribution in [3.05, 3.63) is 88.9 Å². The Morgan fingerprint density at radius 1 is 1.10 bits per heavy atom. The molecular formula is C29H26ClN2O5PS. The first-order chi connectivity index (χ1) is 18.7. The topological polar surface area (TPSA) is 92.9 Å². The summed E-state index contributed by atoms with van der Waals surface area (Å²) in [5.41, 5.74) is 3.53. The number of carbonyl (C=O) groups is 1. The van der Waals surface area contributed by atoms with Gasteiger partial charge in [-0.2, -0.15) is 0 Å². The maximum absolute atomic E-state index is 14.5. The summed E-state index contributed by atoms with van der Waals surface area (Å²) in [7, 11) is -3.69. The van der Waals surface area contributed by atoms with Crippen molar-refractivity contribution in [1.82, 2.24) is 4.98 Å². The first-order valence-electron chi connectivity index (χ1n) is 12.3. The third kappa shape index (κ3) is 5.25. The highest BCUT2D eigenvalue weighted by Crippen LogP contribution is 2.56. The second-order valence-corrected chi connectivity index (χ2v) is 12.8. The Hall–Kier alpha value is -3.42. The number of hydrogen-bond donors (Lipinski definition) is 1. The van der Waals surface area contributed by atoms with E-state index in [2.05, 4.69) is 4.98 Å². The number of hydrogen-bond acceptors (Lipinski definition) is 6. The molecule has 0 bridgehead atoms. The summed E-state index contributed by atoms with van der Waals surface area (Å²) in [6.07, 6.45) is 1.72. The second kappa shape index (κ2) is 11.0. The molecule has 7 nitrogen and oxygen atoms in total. The van der Waals surface area contributed by atoms with Crippen molar-refractivity contribution in [2.75, 3.05) is 11.3 Å². The highest BCUT2D eigenvalue weighted by atomic mass is 35.5. The zero-order valence-corrected chi connectivity index (χ0v) is 24.0. The third-order valence-corrected chi connectivity index (χ3v) is 10.3. The minimum absolute atomic E-state index is 0.0834. The molecule has 0 saturated heterocycles. The SMILES string of the molecule is CCOP(=O)(c1ccc(Cl)cc1)N(c1cc(-c2ccc(-c3cc4ncccc4o3)cc2)sc1C(=O)O)C(C)C. The van der Waals surface area contributed by atoms with Crippen molar-refractivity contribution >= 4 is 58.5 Å². The van der Waals surface area contributed by atoms with E-state index < -0.39 is 13.5 Å². The van der Waals surface area contributed by atoms with Gasteiger partial charge in [-0.1, -0.05) is 35.9 Å². The summed E-state index contributed by atoms with van der Waals surface area (Å²) in [5, 5.41) is 11.1. The van der Waals surface area contributed by atoms with Crippen LogP contribution in [0.5, 0.6) is 0 Å². The number of rotatable bonds is 9. The van der Waals surface area contributed by atoms with E-state index in [4.69, 9.17) is 20.5 Å². The Morgan fingerprint density at radius 3 is 2.41 bits per heavy atom. The first-order valence-corrected chi connectivity index (χ1v) is 15.1. The smallest absolute Gasteiger partial charge is 0.348 e. The summed E-state index contributed by atoms with van der Waals surface area (Å²) >= 11 is 7.21. The fourth-order valence-corrected chi connectivity index (χ4v) is 8.08. The van der Waals surface area contributed by atoms with E-state index in [0.717, 1.165) is 32.9 Å². The van der Waals surface area contributed by atoms with Gasteiger partial charge in [-0.05, 0) is 68.8 Å². The number of nitrogens with zero attached hydrogens (tertiary/aromatic N) is 2. The summed E-state index contributed by atoms with van der Waals surface area (Å²) in [6, 6.07) is 21.3. The van der Waals surface area contributed by atoms with E-state index in [-0.39, 0.29) is 17.5 Å². The zero-order chi connectivity index (χ0) is 27.7. The van der Waals surface area contributed by atoms with Gasteiger partial charge in [0, 0.05) is 33.8 Å². The predicted molar refractivity (Wildman–Crippen MR) is 158 cm³/mol. The molecule has 5 rings (SSSR count). The third-order valence-electron chi connectivity index (χ3n) is 6.12. The van der Waals surface area contributed by atoms with Gasteiger partial charge in [0.05, 0.1) is 17.6 Å². The molecule has 39 heavy (non-hydrogen) atoms. The quantitative estimate of drug-likeness (QED) is 0.175. The van der Waals surface area contributed by atoms with E-state index in [1.807, 2.05) is 56.3 Å². The monoisotopic (exact) mass is 580 g/mol. The molecule has 0 aliphatic rings. The Morgan fingerprint density at radius 2 is 1.79 bits per heavy atom. The second-order valence-electron chi connectivity index (χ2n) is 9.06. The molecular weight excluding hydrogens is 555 g/mol. The average Bonchev–Trinajstić information content (AvgIpc) is 3.54. The van der Waals surface area contributed by atoms with Crippen LogP contribution in [-0.2, 0) is 9.09 Å². The lowest BCUT2D eigenvalue weighted by Gasteiger charge is -2.35. The molecule has 10 heteroatoms. The van der Waals surface area contributed by atoms with Gasteiger partial charge in [-0.15, -0.1) is 11.3 Å². The van der Waals surface area contributed by atoms with Crippen LogP contribution in [0.4, 0.5) is 5.69 Å². The molecule has 3 heterocycles. The number of carboxylic acids is 1. The molecule has 0 spiro atoms. The number of furan rings is 1. The Kier molecular flexibility index (Phi) is 7.65. The average molecular weight is 581 g/mol. The number of halogens is 1. The standard InChI is InChI=1S/C29H26ClN2O5PS/c1-4-36-38(35,22-13-11-21(30)12-14-22)32(18(2)3)24-17-27(39-28(24)29(33)34)20-9-7-19(8-10-20)26-16-23-25(37-26)6-5-15-31-23/h5-18H,4H2,1-3H3,(H,33,34). The molecule has 5 aromatic rings. The Labute approximate surface area is 235 Å². The number of thiophene rings is 1. The van der Waals surface area contributed by atoms with Crippen LogP contribution in [-0.4, -0.2) is 28.7 Å². The first kappa shape index (κ1) is 27.2. The fourth-order valence-electron chi connectivity index (χ4n) is 4.45. The molecule has 1 N–H and O–H groups in total. The van der Waals surface area contributed by atoms with E-state index in [1.54, 1.807) is 48.1 Å². The van der Waals surface area contributed by atoms with Crippen LogP contribution in [0.1, 0.15) is 30.4 Å². The maximum atomic E-state index is 14.5. The van der Waals surface area contributed by atoms with E-state index in [0.29, 0.717) is 27.4 Å². The lowest BCUT2D eigenvalue weighted by Crippen LogP contribution is -2.34. The highest BCUT2D eigenvalue weighted by Gasteiger charge is 2.39. The number of aromatic carboxylic acids is 1. The summed E-state index contributed by atoms with van der Waals surface area (Å²) in [6.45, 7) is 5.67. The van der Waals surface area contributed by atoms with Crippen molar-refractivity contribution in [1.29, 1.82) is 0 Å². The molecule has 0 aliphatic carbocycles. The summed E-state index contributed by atoms with van der Waals surface area (Å²) < 4.78 is 27.9. The molecule has 1 unspecified atom stereocenters. The van der Waals surface area contributed by atoms with E-state index in [1.165, 1.54) is 0 Å². The minimum Gasteiger partial charge on any atom is -0.477 e. The summed E-state index contributed by atoms with van der Waals surface area (Å²) in [4.78, 5) is 17.5. The molecule has 0 fully saturated rings. The number of fused-ring (bicyclic) bond motifs is 1. The van der Waals surface area contributed by atoms with Crippen LogP contribution in [0.15, 0.2) is 83.4 Å². The van der Waals surface area contributed by atoms with Gasteiger partial charge in [-0.3, -0.25) is 14.2 Å². The molecule has 200 valence electrons. The Bertz CT molecular complexity index is 1650. The van der Waals surface area contributed by atoms with Gasteiger partial charge in [0.2, 0.25) is 0 Å². The van der Waals surface area contributed by atoms with E-state index >= 15 is 0 Å². The van der Waals surface area contributed by atoms with Crippen molar-refractivity contribution in [2.45, 2.75) is 26.8 Å². The largest absolute Gasteiger partial charge is 0.477 e. The van der Waals surface area contributed by atoms with Crippen LogP contribution < -0.4 is 9.97 Å². The van der Waals surface area contributed by atoms with Crippen LogP contribution >= 0.6 is 30.5 Å². The summed E-state index contributed by atoms with van der Waals surface area (Å²) in [5.74, 6) is -0.405. The van der Waals surface area contributed by atoms with Crippen LogP contribution in [0.3, 0.4) is 0 Å². The molecule has 0 amide bonds. The van der Waals surface area contributed by atoms with Crippen LogP contribution in [0.2, 0.25) is 5.02 Å². The number of carboxylic acid groups (broad SMARTS) is 1. The van der Waals surface area contributed by atoms with Crippen molar-refractivity contribution in [3.63, 3.8) is 0 Å². The molecule has 1 atom stereocenters. The van der Waals surface area contributed by atoms with Gasteiger partial charge >= 0.3 is 13.5 Å². The van der Waals surface area contributed by atoms with Crippen LogP contribution in [0, 0.1) is 0 Å². The van der Waals surface area contributed by atoms with Gasteiger partial charge in [0.25, 0.3) is 0 Å². The lowest BCUT2D eigenvalue weighted by molar-refractivity contribution is 0.0703. The number of aromatic nitrogens is 1. The number of anilines is 1. The van der Waals surface area contributed by atoms with Gasteiger partial charge < -0.3 is 14.0 Å². The molecule has 0 radical (unpaired) electrons. The van der Waals surface area contributed by atoms with E-state index in [9.17, 15) is 14.5 Å². The van der Waals surface area contributed by atoms with Gasteiger partial charge in [0.1, 0.15) is 16.2 Å². The zero-order valence-electron chi connectivity index (χ0n) is 21.5. The normalized spacial score (nSPS) is 13.1. The molecule has 0 saturated carbocycles. The number of benzene rings is 2. The van der Waals surface area contributed by atoms with Gasteiger partial charge in [-0.25, -0.2) is 4.79 Å². The van der Waals surface area contributed by atoms with Gasteiger partial charge in [0.15, 0.2) is 5.58 Å². The minimum atomic E-state index is -3.69. The molecule has 0 aliphatic heterocycles. The fraction of sp³-hybridized carbons (Fsp3) is 0.172. The Balaban J connectivity index is 1.56. The van der Waals surface area contributed by atoms with Crippen molar-refractivity contribution in [3.8, 4) is 21.8 Å². The van der Waals surface area contributed by atoms with Crippen molar-refractivity contribution in [2.24, 2.45) is 0 Å². The lowest BCUT2D eigenvalue weighted by atomic mass is 10.1.